The molecule has 6 nitrogen and oxygen atoms in total. The lowest BCUT2D eigenvalue weighted by Gasteiger charge is -2.43. The molecule has 3 aliphatic rings. The number of hydrogen-bond donors (Lipinski definition) is 2. The van der Waals surface area contributed by atoms with Gasteiger partial charge in [-0.2, -0.15) is 0 Å². The van der Waals surface area contributed by atoms with E-state index >= 15 is 0 Å². The molecule has 0 saturated heterocycles. The molecule has 174 valence electrons. The summed E-state index contributed by atoms with van der Waals surface area (Å²) in [6.07, 6.45) is 6.04. The Hall–Kier alpha value is -3.09. The van der Waals surface area contributed by atoms with E-state index in [4.69, 9.17) is 9.47 Å². The Morgan fingerprint density at radius 2 is 1.82 bits per heavy atom. The summed E-state index contributed by atoms with van der Waals surface area (Å²) in [5.74, 6) is 0.142. The van der Waals surface area contributed by atoms with Crippen LogP contribution in [0.2, 0.25) is 0 Å². The summed E-state index contributed by atoms with van der Waals surface area (Å²) >= 11 is 0. The third-order valence-electron chi connectivity index (χ3n) is 7.16. The van der Waals surface area contributed by atoms with E-state index in [1.807, 2.05) is 30.3 Å². The number of esters is 1. The number of anilines is 1. The van der Waals surface area contributed by atoms with Gasteiger partial charge >= 0.3 is 12.0 Å². The Bertz CT molecular complexity index is 1030. The highest BCUT2D eigenvalue weighted by atomic mass is 19.1. The van der Waals surface area contributed by atoms with Crippen LogP contribution in [0.25, 0.3) is 0 Å². The van der Waals surface area contributed by atoms with Crippen LogP contribution in [0.5, 0.6) is 5.75 Å². The molecule has 2 aromatic carbocycles. The van der Waals surface area contributed by atoms with Crippen molar-refractivity contribution in [1.29, 1.82) is 0 Å². The summed E-state index contributed by atoms with van der Waals surface area (Å²) in [5, 5.41) is 5.70. The molecule has 2 amide bonds. The van der Waals surface area contributed by atoms with Crippen LogP contribution in [0, 0.1) is 17.7 Å². The summed E-state index contributed by atoms with van der Waals surface area (Å²) in [5.41, 5.74) is 1.34. The van der Waals surface area contributed by atoms with Crippen molar-refractivity contribution in [3.05, 3.63) is 59.4 Å². The van der Waals surface area contributed by atoms with Crippen molar-refractivity contribution in [3.63, 3.8) is 0 Å². The highest BCUT2D eigenvalue weighted by molar-refractivity contribution is 5.94. The van der Waals surface area contributed by atoms with Gasteiger partial charge in [0.2, 0.25) is 0 Å². The van der Waals surface area contributed by atoms with Crippen LogP contribution in [0.4, 0.5) is 14.9 Å². The maximum absolute atomic E-state index is 14.6. The number of hydrogen-bond acceptors (Lipinski definition) is 4. The van der Waals surface area contributed by atoms with E-state index in [0.29, 0.717) is 19.0 Å². The van der Waals surface area contributed by atoms with Crippen LogP contribution < -0.4 is 15.4 Å². The van der Waals surface area contributed by atoms with Crippen LogP contribution in [0.3, 0.4) is 0 Å². The minimum Gasteiger partial charge on any atom is -0.493 e. The topological polar surface area (TPSA) is 76.7 Å². The average Bonchev–Trinajstić information content (AvgIpc) is 2.79. The number of carbonyl (C=O) groups excluding carboxylic acids is 2. The van der Waals surface area contributed by atoms with Crippen LogP contribution in [0.1, 0.15) is 56.1 Å². The molecule has 1 heterocycles. The first kappa shape index (κ1) is 21.7. The fourth-order valence-electron chi connectivity index (χ4n) is 5.35. The smallest absolute Gasteiger partial charge is 0.320 e. The second-order valence-corrected chi connectivity index (χ2v) is 9.46. The number of halogens is 1. The molecule has 0 bridgehead atoms. The Kier molecular flexibility index (Phi) is 5.96. The normalized spacial score (nSPS) is 23.0. The molecule has 1 spiro atoms. The van der Waals surface area contributed by atoms with Gasteiger partial charge in [-0.3, -0.25) is 4.79 Å². The van der Waals surface area contributed by atoms with E-state index in [2.05, 4.69) is 10.6 Å². The molecule has 0 aromatic heterocycles. The van der Waals surface area contributed by atoms with E-state index in [1.165, 1.54) is 6.07 Å². The molecule has 2 fully saturated rings. The van der Waals surface area contributed by atoms with Gasteiger partial charge in [-0.25, -0.2) is 9.18 Å². The van der Waals surface area contributed by atoms with Crippen molar-refractivity contribution >= 4 is 17.7 Å². The Morgan fingerprint density at radius 1 is 1.06 bits per heavy atom. The molecule has 2 aliphatic carbocycles. The van der Waals surface area contributed by atoms with E-state index in [9.17, 15) is 14.0 Å². The molecule has 2 saturated carbocycles. The number of fused-ring (bicyclic) bond motifs is 2. The highest BCUT2D eigenvalue weighted by Gasteiger charge is 2.44. The number of carbonyl (C=O) groups is 2. The molecule has 33 heavy (non-hydrogen) atoms. The monoisotopic (exact) mass is 452 g/mol. The largest absolute Gasteiger partial charge is 0.493 e. The van der Waals surface area contributed by atoms with Crippen molar-refractivity contribution in [1.82, 2.24) is 5.32 Å². The van der Waals surface area contributed by atoms with Crippen molar-refractivity contribution in [2.24, 2.45) is 11.8 Å². The van der Waals surface area contributed by atoms with E-state index < -0.39 is 11.4 Å². The average molecular weight is 453 g/mol. The molecule has 1 aliphatic heterocycles. The predicted octanol–water partition coefficient (Wildman–Crippen LogP) is 5.27. The van der Waals surface area contributed by atoms with Gasteiger partial charge in [0.25, 0.3) is 0 Å². The minimum atomic E-state index is -0.587. The second-order valence-electron chi connectivity index (χ2n) is 9.46. The zero-order chi connectivity index (χ0) is 22.8. The zero-order valence-electron chi connectivity index (χ0n) is 18.6. The summed E-state index contributed by atoms with van der Waals surface area (Å²) < 4.78 is 26.2. The SMILES string of the molecule is O=C1Nc2c(F)ccc(OCC3CC(C(=O)OCc4ccccc4)C3)c2C2(CCCCC2)N1. The van der Waals surface area contributed by atoms with Crippen molar-refractivity contribution in [3.8, 4) is 5.75 Å². The molecule has 0 unspecified atom stereocenters. The van der Waals surface area contributed by atoms with Crippen molar-refractivity contribution in [2.75, 3.05) is 11.9 Å². The quantitative estimate of drug-likeness (QED) is 0.586. The highest BCUT2D eigenvalue weighted by Crippen LogP contribution is 2.48. The third kappa shape index (κ3) is 4.41. The van der Waals surface area contributed by atoms with E-state index in [0.717, 1.165) is 56.1 Å². The molecular formula is C26H29FN2O4. The Morgan fingerprint density at radius 3 is 2.58 bits per heavy atom. The second kappa shape index (κ2) is 9.04. The molecule has 0 atom stereocenters. The summed E-state index contributed by atoms with van der Waals surface area (Å²) in [6, 6.07) is 12.3. The van der Waals surface area contributed by atoms with Crippen LogP contribution >= 0.6 is 0 Å². The zero-order valence-corrected chi connectivity index (χ0v) is 18.6. The molecule has 2 aromatic rings. The van der Waals surface area contributed by atoms with Crippen LogP contribution in [-0.2, 0) is 21.7 Å². The Balaban J connectivity index is 1.21. The summed E-state index contributed by atoms with van der Waals surface area (Å²) in [6.45, 7) is 0.740. The van der Waals surface area contributed by atoms with Gasteiger partial charge in [-0.15, -0.1) is 0 Å². The fourth-order valence-corrected chi connectivity index (χ4v) is 5.35. The minimum absolute atomic E-state index is 0.102. The molecule has 7 heteroatoms. The van der Waals surface area contributed by atoms with Crippen molar-refractivity contribution in [2.45, 2.75) is 57.1 Å². The number of amides is 2. The van der Waals surface area contributed by atoms with E-state index in [1.54, 1.807) is 6.07 Å². The lowest BCUT2D eigenvalue weighted by Crippen LogP contribution is -2.53. The van der Waals surface area contributed by atoms with Gasteiger partial charge in [-0.05, 0) is 49.3 Å². The predicted molar refractivity (Wildman–Crippen MR) is 121 cm³/mol. The first-order valence-electron chi connectivity index (χ1n) is 11.8. The Labute approximate surface area is 192 Å². The van der Waals surface area contributed by atoms with Crippen molar-refractivity contribution < 1.29 is 23.5 Å². The lowest BCUT2D eigenvalue weighted by molar-refractivity contribution is -0.155. The van der Waals surface area contributed by atoms with Gasteiger partial charge < -0.3 is 20.1 Å². The third-order valence-corrected chi connectivity index (χ3v) is 7.16. The van der Waals surface area contributed by atoms with Gasteiger partial charge in [0.15, 0.2) is 0 Å². The van der Waals surface area contributed by atoms with Gasteiger partial charge in [0.05, 0.1) is 23.8 Å². The standard InChI is InChI=1S/C26H29FN2O4/c27-20-9-10-21(22-23(20)28-25(31)29-26(22)11-5-2-6-12-26)32-16-18-13-19(14-18)24(30)33-15-17-7-3-1-4-8-17/h1,3-4,7-10,18-19H,2,5-6,11-16H2,(H2,28,29,31). The molecular weight excluding hydrogens is 423 g/mol. The van der Waals surface area contributed by atoms with E-state index in [-0.39, 0.29) is 29.5 Å². The van der Waals surface area contributed by atoms with Crippen LogP contribution in [0.15, 0.2) is 42.5 Å². The first-order chi connectivity index (χ1) is 16.0. The maximum Gasteiger partial charge on any atom is 0.320 e. The number of ether oxygens (including phenoxy) is 2. The number of nitrogens with one attached hydrogen (secondary N) is 2. The molecule has 2 N–H and O–H groups in total. The van der Waals surface area contributed by atoms with Gasteiger partial charge in [0, 0.05) is 5.56 Å². The van der Waals surface area contributed by atoms with Crippen LogP contribution in [-0.4, -0.2) is 18.6 Å². The molecule has 5 rings (SSSR count). The van der Waals surface area contributed by atoms with Gasteiger partial charge in [-0.1, -0.05) is 49.6 Å². The number of urea groups is 1. The lowest BCUT2D eigenvalue weighted by atomic mass is 9.74. The molecule has 0 radical (unpaired) electrons. The fraction of sp³-hybridized carbons (Fsp3) is 0.462. The summed E-state index contributed by atoms with van der Waals surface area (Å²) in [7, 11) is 0. The number of rotatable bonds is 6. The van der Waals surface area contributed by atoms with Gasteiger partial charge in [0.1, 0.15) is 18.2 Å². The number of benzene rings is 2. The maximum atomic E-state index is 14.6. The first-order valence-corrected chi connectivity index (χ1v) is 11.8. The summed E-state index contributed by atoms with van der Waals surface area (Å²) in [4.78, 5) is 24.6.